The molecule has 29 heavy (non-hydrogen) atoms. The van der Waals surface area contributed by atoms with E-state index in [1.165, 1.54) is 13.1 Å². The van der Waals surface area contributed by atoms with Gasteiger partial charge in [-0.1, -0.05) is 30.3 Å². The third-order valence-electron chi connectivity index (χ3n) is 4.08. The summed E-state index contributed by atoms with van der Waals surface area (Å²) in [5.41, 5.74) is 1.55. The fraction of sp³-hybridized carbons (Fsp3) is 0.0455. The van der Waals surface area contributed by atoms with Crippen molar-refractivity contribution in [3.8, 4) is 11.8 Å². The number of phenolic OH excluding ortho intramolecular Hbond substituents is 1. The van der Waals surface area contributed by atoms with Crippen molar-refractivity contribution < 1.29 is 14.7 Å². The maximum absolute atomic E-state index is 12.5. The number of nitrogens with zero attached hydrogens (tertiary/aromatic N) is 1. The van der Waals surface area contributed by atoms with E-state index >= 15 is 0 Å². The smallest absolute Gasteiger partial charge is 0.267 e. The van der Waals surface area contributed by atoms with Gasteiger partial charge in [-0.25, -0.2) is 0 Å². The Morgan fingerprint density at radius 2 is 1.66 bits per heavy atom. The van der Waals surface area contributed by atoms with E-state index < -0.39 is 5.91 Å². The van der Waals surface area contributed by atoms with Gasteiger partial charge in [-0.15, -0.1) is 0 Å². The lowest BCUT2D eigenvalue weighted by Gasteiger charge is -2.10. The molecule has 4 N–H and O–H groups in total. The highest BCUT2D eigenvalue weighted by Gasteiger charge is 2.12. The maximum atomic E-state index is 12.5. The van der Waals surface area contributed by atoms with Crippen molar-refractivity contribution in [3.05, 3.63) is 72.4 Å². The Kier molecular flexibility index (Phi) is 5.76. The molecule has 3 aromatic rings. The molecule has 0 aliphatic carbocycles. The molecule has 144 valence electrons. The highest BCUT2D eigenvalue weighted by Crippen LogP contribution is 2.30. The summed E-state index contributed by atoms with van der Waals surface area (Å²) in [5, 5.41) is 28.8. The molecule has 3 aromatic carbocycles. The zero-order chi connectivity index (χ0) is 20.8. The minimum Gasteiger partial charge on any atom is -0.507 e. The molecule has 7 nitrogen and oxygen atoms in total. The number of aromatic hydroxyl groups is 1. The van der Waals surface area contributed by atoms with Gasteiger partial charge in [0.25, 0.3) is 5.91 Å². The number of nitriles is 1. The van der Waals surface area contributed by atoms with Gasteiger partial charge in [-0.2, -0.15) is 5.26 Å². The van der Waals surface area contributed by atoms with E-state index in [0.717, 1.165) is 0 Å². The molecule has 0 heterocycles. The normalized spacial score (nSPS) is 10.8. The second-order valence-corrected chi connectivity index (χ2v) is 6.21. The molecule has 0 bridgehead atoms. The second kappa shape index (κ2) is 8.59. The van der Waals surface area contributed by atoms with Crippen LogP contribution in [0.4, 0.5) is 17.1 Å². The maximum Gasteiger partial charge on any atom is 0.267 e. The number of carbonyl (C=O) groups excluding carboxylic acids is 2. The molecule has 0 aliphatic rings. The predicted octanol–water partition coefficient (Wildman–Crippen LogP) is 3.96. The van der Waals surface area contributed by atoms with E-state index in [9.17, 15) is 20.0 Å². The number of hydrogen-bond acceptors (Lipinski definition) is 5. The fourth-order valence-corrected chi connectivity index (χ4v) is 2.79. The minimum atomic E-state index is -0.589. The number of hydrogen-bond donors (Lipinski definition) is 4. The molecule has 0 fully saturated rings. The molecule has 2 amide bonds. The molecule has 0 radical (unpaired) electrons. The van der Waals surface area contributed by atoms with E-state index in [-0.39, 0.29) is 17.2 Å². The topological polar surface area (TPSA) is 114 Å². The Labute approximate surface area is 167 Å². The summed E-state index contributed by atoms with van der Waals surface area (Å²) in [5.74, 6) is -0.680. The summed E-state index contributed by atoms with van der Waals surface area (Å²) in [4.78, 5) is 23.7. The molecular weight excluding hydrogens is 368 g/mol. The van der Waals surface area contributed by atoms with Gasteiger partial charge in [-0.05, 0) is 30.3 Å². The van der Waals surface area contributed by atoms with Crippen LogP contribution in [-0.4, -0.2) is 16.9 Å². The molecule has 0 aliphatic heterocycles. The quantitative estimate of drug-likeness (QED) is 0.391. The van der Waals surface area contributed by atoms with Crippen LogP contribution in [0.25, 0.3) is 10.8 Å². The lowest BCUT2D eigenvalue weighted by molar-refractivity contribution is -0.114. The number of nitrogens with one attached hydrogen (secondary N) is 3. The Balaban J connectivity index is 1.79. The SMILES string of the molecule is CC(=O)Nc1cccc(N/C=C(/C#N)C(=O)Nc2cccc3c(O)cccc23)c1. The van der Waals surface area contributed by atoms with Crippen LogP contribution in [-0.2, 0) is 9.59 Å². The Morgan fingerprint density at radius 1 is 0.966 bits per heavy atom. The van der Waals surface area contributed by atoms with E-state index in [0.29, 0.717) is 27.8 Å². The molecule has 0 saturated carbocycles. The Hall–Kier alpha value is -4.31. The summed E-state index contributed by atoms with van der Waals surface area (Å²) in [6.07, 6.45) is 1.30. The van der Waals surface area contributed by atoms with Gasteiger partial charge in [0, 0.05) is 41.0 Å². The molecule has 0 saturated heterocycles. The second-order valence-electron chi connectivity index (χ2n) is 6.21. The largest absolute Gasteiger partial charge is 0.507 e. The van der Waals surface area contributed by atoms with Gasteiger partial charge < -0.3 is 21.1 Å². The van der Waals surface area contributed by atoms with Gasteiger partial charge in [0.15, 0.2) is 0 Å². The number of rotatable bonds is 5. The van der Waals surface area contributed by atoms with Crippen LogP contribution >= 0.6 is 0 Å². The predicted molar refractivity (Wildman–Crippen MR) is 112 cm³/mol. The van der Waals surface area contributed by atoms with Crippen molar-refractivity contribution in [2.24, 2.45) is 0 Å². The number of carbonyl (C=O) groups is 2. The molecule has 0 atom stereocenters. The van der Waals surface area contributed by atoms with E-state index in [2.05, 4.69) is 16.0 Å². The lowest BCUT2D eigenvalue weighted by Crippen LogP contribution is -2.14. The standard InChI is InChI=1S/C22H18N4O3/c1-14(27)25-17-6-2-5-16(11-17)24-13-15(12-23)22(29)26-20-9-3-8-19-18(20)7-4-10-21(19)28/h2-11,13,24,28H,1H3,(H,25,27)(H,26,29)/b15-13-. The zero-order valence-electron chi connectivity index (χ0n) is 15.6. The first-order valence-electron chi connectivity index (χ1n) is 8.74. The Bertz CT molecular complexity index is 1160. The number of amides is 2. The first-order chi connectivity index (χ1) is 14.0. The van der Waals surface area contributed by atoms with Crippen LogP contribution < -0.4 is 16.0 Å². The molecule has 7 heteroatoms. The van der Waals surface area contributed by atoms with Crippen molar-refractivity contribution in [3.63, 3.8) is 0 Å². The van der Waals surface area contributed by atoms with Crippen LogP contribution in [0, 0.1) is 11.3 Å². The van der Waals surface area contributed by atoms with Gasteiger partial charge >= 0.3 is 0 Å². The minimum absolute atomic E-state index is 0.107. The van der Waals surface area contributed by atoms with Crippen molar-refractivity contribution >= 4 is 39.6 Å². The van der Waals surface area contributed by atoms with E-state index in [1.54, 1.807) is 60.7 Å². The average Bonchev–Trinajstić information content (AvgIpc) is 2.69. The summed E-state index contributed by atoms with van der Waals surface area (Å²) >= 11 is 0. The Morgan fingerprint density at radius 3 is 2.41 bits per heavy atom. The van der Waals surface area contributed by atoms with Crippen molar-refractivity contribution in [1.29, 1.82) is 5.26 Å². The van der Waals surface area contributed by atoms with Crippen LogP contribution in [0.5, 0.6) is 5.75 Å². The third-order valence-corrected chi connectivity index (χ3v) is 4.08. The van der Waals surface area contributed by atoms with Crippen LogP contribution in [0.15, 0.2) is 72.4 Å². The zero-order valence-corrected chi connectivity index (χ0v) is 15.6. The summed E-state index contributed by atoms with van der Waals surface area (Å²) < 4.78 is 0. The number of anilines is 3. The van der Waals surface area contributed by atoms with E-state index in [4.69, 9.17) is 0 Å². The highest BCUT2D eigenvalue weighted by molar-refractivity contribution is 6.11. The fourth-order valence-electron chi connectivity index (χ4n) is 2.79. The van der Waals surface area contributed by atoms with Gasteiger partial charge in [0.05, 0.1) is 0 Å². The van der Waals surface area contributed by atoms with Gasteiger partial charge in [-0.3, -0.25) is 9.59 Å². The van der Waals surface area contributed by atoms with Crippen molar-refractivity contribution in [1.82, 2.24) is 0 Å². The number of phenols is 1. The average molecular weight is 386 g/mol. The third kappa shape index (κ3) is 4.70. The molecule has 3 rings (SSSR count). The summed E-state index contributed by atoms with van der Waals surface area (Å²) in [6.45, 7) is 1.41. The van der Waals surface area contributed by atoms with Crippen molar-refractivity contribution in [2.45, 2.75) is 6.92 Å². The lowest BCUT2D eigenvalue weighted by atomic mass is 10.1. The van der Waals surface area contributed by atoms with Gasteiger partial charge in [0.1, 0.15) is 17.4 Å². The molecular formula is C22H18N4O3. The number of benzene rings is 3. The molecule has 0 aromatic heterocycles. The summed E-state index contributed by atoms with van der Waals surface area (Å²) in [6, 6.07) is 18.9. The first kappa shape index (κ1) is 19.5. The highest BCUT2D eigenvalue weighted by atomic mass is 16.3. The monoisotopic (exact) mass is 386 g/mol. The molecule has 0 spiro atoms. The van der Waals surface area contributed by atoms with E-state index in [1.807, 2.05) is 6.07 Å². The first-order valence-corrected chi connectivity index (χ1v) is 8.74. The van der Waals surface area contributed by atoms with Crippen LogP contribution in [0.3, 0.4) is 0 Å². The summed E-state index contributed by atoms with van der Waals surface area (Å²) in [7, 11) is 0. The van der Waals surface area contributed by atoms with Crippen molar-refractivity contribution in [2.75, 3.05) is 16.0 Å². The number of fused-ring (bicyclic) bond motifs is 1. The molecule has 0 unspecified atom stereocenters. The van der Waals surface area contributed by atoms with Gasteiger partial charge in [0.2, 0.25) is 5.91 Å². The van der Waals surface area contributed by atoms with Crippen LogP contribution in [0.2, 0.25) is 0 Å². The van der Waals surface area contributed by atoms with Crippen LogP contribution in [0.1, 0.15) is 6.92 Å².